The molecule has 1 aliphatic rings. The number of nitrogens with zero attached hydrogens (tertiary/aromatic N) is 3. The number of esters is 1. The first kappa shape index (κ1) is 22.0. The summed E-state index contributed by atoms with van der Waals surface area (Å²) in [5.74, 6) is -0.339. The van der Waals surface area contributed by atoms with Gasteiger partial charge in [-0.3, -0.25) is 4.79 Å². The minimum absolute atomic E-state index is 0.333. The lowest BCUT2D eigenvalue weighted by atomic mass is 9.89. The Kier molecular flexibility index (Phi) is 7.24. The van der Waals surface area contributed by atoms with Gasteiger partial charge in [-0.2, -0.15) is 0 Å². The maximum absolute atomic E-state index is 15.1. The summed E-state index contributed by atoms with van der Waals surface area (Å²) < 4.78 is 25.3. The van der Waals surface area contributed by atoms with Gasteiger partial charge in [-0.25, -0.2) is 14.4 Å². The Bertz CT molecular complexity index is 898. The highest BCUT2D eigenvalue weighted by Gasteiger charge is 2.30. The van der Waals surface area contributed by atoms with Crippen LogP contribution in [-0.2, 0) is 9.53 Å². The molecule has 1 saturated heterocycles. The molecule has 0 aliphatic carbocycles. The minimum atomic E-state index is -0.549. The molecular weight excluding hydrogens is 385 g/mol. The number of anilines is 1. The molecule has 0 bridgehead atoms. The largest absolute Gasteiger partial charge is 0.497 e. The van der Waals surface area contributed by atoms with E-state index in [4.69, 9.17) is 19.4 Å². The molecule has 0 N–H and O–H groups in total. The van der Waals surface area contributed by atoms with Gasteiger partial charge < -0.3 is 14.4 Å². The Morgan fingerprint density at radius 2 is 1.93 bits per heavy atom. The van der Waals surface area contributed by atoms with Crippen LogP contribution in [0.4, 0.5) is 10.3 Å². The number of benzene rings is 1. The summed E-state index contributed by atoms with van der Waals surface area (Å²) in [5, 5.41) is 0. The number of carbonyl (C=O) groups excluding carboxylic acids is 1. The van der Waals surface area contributed by atoms with Crippen LogP contribution < -0.4 is 9.64 Å². The fourth-order valence-corrected chi connectivity index (χ4v) is 4.05. The molecule has 1 fully saturated rings. The molecule has 162 valence electrons. The maximum atomic E-state index is 15.1. The zero-order valence-electron chi connectivity index (χ0n) is 18.2. The third kappa shape index (κ3) is 4.55. The first-order valence-corrected chi connectivity index (χ1v) is 10.5. The number of carbonyl (C=O) groups is 1. The van der Waals surface area contributed by atoms with Gasteiger partial charge in [-0.15, -0.1) is 0 Å². The number of halogens is 1. The van der Waals surface area contributed by atoms with Crippen molar-refractivity contribution in [1.29, 1.82) is 0 Å². The van der Waals surface area contributed by atoms with E-state index in [9.17, 15) is 4.79 Å². The van der Waals surface area contributed by atoms with Crippen molar-refractivity contribution in [1.82, 2.24) is 9.97 Å². The molecule has 0 amide bonds. The van der Waals surface area contributed by atoms with Crippen LogP contribution in [0.25, 0.3) is 11.3 Å². The van der Waals surface area contributed by atoms with Crippen LogP contribution in [-0.4, -0.2) is 43.2 Å². The summed E-state index contributed by atoms with van der Waals surface area (Å²) in [6.07, 6.45) is 4.70. The van der Waals surface area contributed by atoms with Gasteiger partial charge in [0.25, 0.3) is 0 Å². The molecule has 1 atom stereocenters. The molecule has 30 heavy (non-hydrogen) atoms. The summed E-state index contributed by atoms with van der Waals surface area (Å²) in [4.78, 5) is 24.3. The fourth-order valence-electron chi connectivity index (χ4n) is 4.05. The Morgan fingerprint density at radius 1 is 1.20 bits per heavy atom. The van der Waals surface area contributed by atoms with Crippen LogP contribution in [0.5, 0.6) is 5.75 Å². The van der Waals surface area contributed by atoms with Crippen molar-refractivity contribution >= 4 is 11.9 Å². The van der Waals surface area contributed by atoms with E-state index in [2.05, 4.69) is 4.90 Å². The van der Waals surface area contributed by atoms with Crippen LogP contribution in [0.2, 0.25) is 0 Å². The number of aryl methyl sites for hydroxylation is 1. The molecule has 1 aliphatic heterocycles. The number of aromatic nitrogens is 2. The van der Waals surface area contributed by atoms with Crippen molar-refractivity contribution in [3.63, 3.8) is 0 Å². The highest BCUT2D eigenvalue weighted by Crippen LogP contribution is 2.37. The standard InChI is InChI=1S/C23H30FN3O3/c1-5-9-18(22(28)30-4)20-15(2)25-23(27-12-7-6-8-13-27)26-21(20)17-11-10-16(29-3)14-19(17)24/h10-11,14,18H,5-9,12-13H2,1-4H3. The van der Waals surface area contributed by atoms with Gasteiger partial charge in [0.2, 0.25) is 5.95 Å². The lowest BCUT2D eigenvalue weighted by Crippen LogP contribution is -2.31. The van der Waals surface area contributed by atoms with Crippen molar-refractivity contribution in [3.8, 4) is 17.0 Å². The van der Waals surface area contributed by atoms with Gasteiger partial charge in [0.05, 0.1) is 25.8 Å². The smallest absolute Gasteiger partial charge is 0.313 e. The zero-order valence-corrected chi connectivity index (χ0v) is 18.2. The van der Waals surface area contributed by atoms with Crippen molar-refractivity contribution < 1.29 is 18.7 Å². The quantitative estimate of drug-likeness (QED) is 0.614. The van der Waals surface area contributed by atoms with E-state index in [-0.39, 0.29) is 5.97 Å². The summed E-state index contributed by atoms with van der Waals surface area (Å²) in [7, 11) is 2.87. The normalized spacial score (nSPS) is 15.0. The molecule has 7 heteroatoms. The highest BCUT2D eigenvalue weighted by molar-refractivity contribution is 5.82. The predicted molar refractivity (Wildman–Crippen MR) is 114 cm³/mol. The lowest BCUT2D eigenvalue weighted by molar-refractivity contribution is -0.142. The van der Waals surface area contributed by atoms with Crippen molar-refractivity contribution in [2.24, 2.45) is 0 Å². The summed E-state index contributed by atoms with van der Waals surface area (Å²) in [6.45, 7) is 5.61. The van der Waals surface area contributed by atoms with Gasteiger partial charge in [-0.1, -0.05) is 13.3 Å². The molecule has 1 aromatic carbocycles. The number of hydrogen-bond acceptors (Lipinski definition) is 6. The predicted octanol–water partition coefficient (Wildman–Crippen LogP) is 4.65. The number of methoxy groups -OCH3 is 2. The third-order valence-corrected chi connectivity index (χ3v) is 5.61. The van der Waals surface area contributed by atoms with E-state index in [1.165, 1.54) is 26.7 Å². The Balaban J connectivity index is 2.21. The number of hydrogen-bond donors (Lipinski definition) is 0. The molecule has 3 rings (SSSR count). The second-order valence-electron chi connectivity index (χ2n) is 7.63. The van der Waals surface area contributed by atoms with Crippen LogP contribution in [0.3, 0.4) is 0 Å². The zero-order chi connectivity index (χ0) is 21.7. The molecule has 6 nitrogen and oxygen atoms in total. The van der Waals surface area contributed by atoms with E-state index in [0.717, 1.165) is 32.4 Å². The first-order valence-electron chi connectivity index (χ1n) is 10.5. The van der Waals surface area contributed by atoms with Gasteiger partial charge >= 0.3 is 5.97 Å². The molecular formula is C23H30FN3O3. The lowest BCUT2D eigenvalue weighted by Gasteiger charge is -2.28. The van der Waals surface area contributed by atoms with Crippen LogP contribution in [0, 0.1) is 12.7 Å². The molecule has 0 radical (unpaired) electrons. The number of piperidine rings is 1. The van der Waals surface area contributed by atoms with Crippen LogP contribution in [0.15, 0.2) is 18.2 Å². The second kappa shape index (κ2) is 9.87. The van der Waals surface area contributed by atoms with Crippen LogP contribution in [0.1, 0.15) is 56.2 Å². The second-order valence-corrected chi connectivity index (χ2v) is 7.63. The molecule has 1 unspecified atom stereocenters. The SMILES string of the molecule is CCCC(C(=O)OC)c1c(C)nc(N2CCCCC2)nc1-c1ccc(OC)cc1F. The van der Waals surface area contributed by atoms with Crippen molar-refractivity contribution in [3.05, 3.63) is 35.3 Å². The van der Waals surface area contributed by atoms with E-state index >= 15 is 4.39 Å². The van der Waals surface area contributed by atoms with Gasteiger partial charge in [0, 0.05) is 36.0 Å². The van der Waals surface area contributed by atoms with E-state index in [1.54, 1.807) is 12.1 Å². The molecule has 2 aromatic rings. The maximum Gasteiger partial charge on any atom is 0.313 e. The number of ether oxygens (including phenoxy) is 2. The molecule has 1 aromatic heterocycles. The Morgan fingerprint density at radius 3 is 2.53 bits per heavy atom. The van der Waals surface area contributed by atoms with E-state index in [0.29, 0.717) is 40.6 Å². The molecule has 0 saturated carbocycles. The summed E-state index contributed by atoms with van der Waals surface area (Å²) >= 11 is 0. The van der Waals surface area contributed by atoms with E-state index < -0.39 is 11.7 Å². The van der Waals surface area contributed by atoms with Crippen LogP contribution >= 0.6 is 0 Å². The fraction of sp³-hybridized carbons (Fsp3) is 0.522. The summed E-state index contributed by atoms with van der Waals surface area (Å²) in [5.41, 5.74) is 2.10. The van der Waals surface area contributed by atoms with E-state index in [1.807, 2.05) is 13.8 Å². The Hall–Kier alpha value is -2.70. The first-order chi connectivity index (χ1) is 14.5. The molecule has 2 heterocycles. The van der Waals surface area contributed by atoms with Crippen molar-refractivity contribution in [2.45, 2.75) is 51.9 Å². The topological polar surface area (TPSA) is 64.5 Å². The van der Waals surface area contributed by atoms with Gasteiger partial charge in [-0.05, 0) is 44.7 Å². The van der Waals surface area contributed by atoms with Gasteiger partial charge in [0.15, 0.2) is 0 Å². The highest BCUT2D eigenvalue weighted by atomic mass is 19.1. The van der Waals surface area contributed by atoms with Crippen molar-refractivity contribution in [2.75, 3.05) is 32.2 Å². The minimum Gasteiger partial charge on any atom is -0.497 e. The molecule has 0 spiro atoms. The number of rotatable bonds is 7. The Labute approximate surface area is 177 Å². The average molecular weight is 416 g/mol. The monoisotopic (exact) mass is 415 g/mol. The third-order valence-electron chi connectivity index (χ3n) is 5.61. The van der Waals surface area contributed by atoms with Gasteiger partial charge in [0.1, 0.15) is 11.6 Å². The average Bonchev–Trinajstić information content (AvgIpc) is 2.77. The summed E-state index contributed by atoms with van der Waals surface area (Å²) in [6, 6.07) is 4.69.